The normalized spacial score (nSPS) is 11.5. The lowest BCUT2D eigenvalue weighted by atomic mass is 10.1. The zero-order chi connectivity index (χ0) is 30.2. The molecule has 0 fully saturated rings. The van der Waals surface area contributed by atoms with Crippen LogP contribution in [-0.4, -0.2) is 38.9 Å². The van der Waals surface area contributed by atoms with E-state index in [-0.39, 0.29) is 18.4 Å². The van der Waals surface area contributed by atoms with Crippen LogP contribution in [0.25, 0.3) is 22.4 Å². The predicted molar refractivity (Wildman–Crippen MR) is 165 cm³/mol. The molecule has 7 N–H and O–H groups in total. The maximum absolute atomic E-state index is 13.0. The molecule has 0 saturated carbocycles. The van der Waals surface area contributed by atoms with Gasteiger partial charge in [-0.15, -0.1) is 0 Å². The largest absolute Gasteiger partial charge is 0.457 e. The molecule has 0 saturated heterocycles. The van der Waals surface area contributed by atoms with Crippen molar-refractivity contribution in [2.75, 3.05) is 6.54 Å². The summed E-state index contributed by atoms with van der Waals surface area (Å²) in [6, 6.07) is 26.8. The summed E-state index contributed by atoms with van der Waals surface area (Å²) in [5.41, 5.74) is 19.9. The van der Waals surface area contributed by atoms with E-state index in [9.17, 15) is 9.59 Å². The van der Waals surface area contributed by atoms with Gasteiger partial charge < -0.3 is 31.8 Å². The number of carbonyl (C=O) groups excluding carboxylic acids is 2. The van der Waals surface area contributed by atoms with Crippen LogP contribution in [0, 0.1) is 0 Å². The van der Waals surface area contributed by atoms with Crippen molar-refractivity contribution in [2.24, 2.45) is 22.2 Å². The molecule has 218 valence electrons. The average Bonchev–Trinajstić information content (AvgIpc) is 3.39. The van der Waals surface area contributed by atoms with E-state index in [1.165, 1.54) is 0 Å². The van der Waals surface area contributed by atoms with Gasteiger partial charge >= 0.3 is 0 Å². The molecule has 0 aliphatic rings. The van der Waals surface area contributed by atoms with E-state index in [1.807, 2.05) is 77.4 Å². The number of aliphatic imine (C=N–C) groups is 1. The highest BCUT2D eigenvalue weighted by Crippen LogP contribution is 2.33. The number of rotatable bonds is 12. The Hall–Kier alpha value is -5.71. The molecule has 0 aliphatic carbocycles. The lowest BCUT2D eigenvalue weighted by Crippen LogP contribution is -2.27. The number of nitrogens with zero attached hydrogens (tertiary/aromatic N) is 4. The van der Waals surface area contributed by atoms with Gasteiger partial charge in [-0.05, 0) is 67.4 Å². The first-order chi connectivity index (χ1) is 20.9. The zero-order valence-corrected chi connectivity index (χ0v) is 23.4. The molecule has 2 aromatic heterocycles. The van der Waals surface area contributed by atoms with E-state index in [0.717, 1.165) is 5.69 Å². The summed E-state index contributed by atoms with van der Waals surface area (Å²) in [6.45, 7) is 0.625. The van der Waals surface area contributed by atoms with Crippen LogP contribution in [0.15, 0.2) is 102 Å². The molecule has 43 heavy (non-hydrogen) atoms. The van der Waals surface area contributed by atoms with Gasteiger partial charge in [0.1, 0.15) is 23.4 Å². The molecule has 0 aliphatic heterocycles. The van der Waals surface area contributed by atoms with Gasteiger partial charge in [0.05, 0.1) is 23.3 Å². The van der Waals surface area contributed by atoms with Gasteiger partial charge in [-0.1, -0.05) is 36.4 Å². The summed E-state index contributed by atoms with van der Waals surface area (Å²) in [5, 5.41) is 2.89. The predicted octanol–water partition coefficient (Wildman–Crippen LogP) is 3.90. The van der Waals surface area contributed by atoms with E-state index in [4.69, 9.17) is 26.9 Å². The maximum atomic E-state index is 13.0. The first-order valence-corrected chi connectivity index (χ1v) is 13.8. The number of para-hydroxylation sites is 1. The number of amides is 2. The van der Waals surface area contributed by atoms with E-state index in [1.54, 1.807) is 24.4 Å². The number of imidazole rings is 1. The standard InChI is InChI=1S/C32H32N8O3/c33-29(41)28(13-7-17-37-32(34)35)40-27-15-14-22(31(42)38-20-23-9-4-5-16-36-23)19-26(27)39-30(40)21-8-6-12-25(18-21)43-24-10-2-1-3-11-24/h1-6,8-12,14-16,18-19,28H,7,13,17,20H2,(H2,33,41)(H,38,42)(H4,34,35,37). The second-order valence-corrected chi connectivity index (χ2v) is 9.82. The molecular weight excluding hydrogens is 544 g/mol. The molecule has 0 radical (unpaired) electrons. The van der Waals surface area contributed by atoms with Crippen LogP contribution >= 0.6 is 0 Å². The highest BCUT2D eigenvalue weighted by atomic mass is 16.5. The van der Waals surface area contributed by atoms with E-state index >= 15 is 0 Å². The Bertz CT molecular complexity index is 1750. The van der Waals surface area contributed by atoms with Gasteiger partial charge in [-0.3, -0.25) is 19.6 Å². The number of hydrogen-bond donors (Lipinski definition) is 4. The van der Waals surface area contributed by atoms with E-state index < -0.39 is 11.9 Å². The Labute approximate surface area is 248 Å². The number of carbonyl (C=O) groups is 2. The van der Waals surface area contributed by atoms with Crippen molar-refractivity contribution < 1.29 is 14.3 Å². The SMILES string of the molecule is NC(=O)C(CCCN=C(N)N)n1c(-c2cccc(Oc3ccccc3)c2)nc2cc(C(=O)NCc3ccccn3)ccc21. The van der Waals surface area contributed by atoms with Gasteiger partial charge in [0.2, 0.25) is 5.91 Å². The summed E-state index contributed by atoms with van der Waals surface area (Å²) in [6.07, 6.45) is 2.56. The van der Waals surface area contributed by atoms with Crippen molar-refractivity contribution in [3.63, 3.8) is 0 Å². The van der Waals surface area contributed by atoms with Gasteiger partial charge in [-0.25, -0.2) is 4.98 Å². The molecular formula is C32H32N8O3. The fourth-order valence-corrected chi connectivity index (χ4v) is 4.75. The smallest absolute Gasteiger partial charge is 0.251 e. The summed E-state index contributed by atoms with van der Waals surface area (Å²) in [5.74, 6) is 0.966. The third-order valence-electron chi connectivity index (χ3n) is 6.75. The van der Waals surface area contributed by atoms with Crippen LogP contribution in [-0.2, 0) is 11.3 Å². The molecule has 0 bridgehead atoms. The number of guanidine groups is 1. The number of benzene rings is 3. The summed E-state index contributed by atoms with van der Waals surface area (Å²) in [4.78, 5) is 39.0. The number of primary amides is 1. The molecule has 5 rings (SSSR count). The van der Waals surface area contributed by atoms with E-state index in [0.29, 0.717) is 58.9 Å². The molecule has 1 unspecified atom stereocenters. The van der Waals surface area contributed by atoms with Crippen LogP contribution in [0.4, 0.5) is 0 Å². The Balaban J connectivity index is 1.52. The minimum Gasteiger partial charge on any atom is -0.457 e. The third kappa shape index (κ3) is 7.14. The monoisotopic (exact) mass is 576 g/mol. The number of ether oxygens (including phenoxy) is 1. The van der Waals surface area contributed by atoms with Crippen molar-refractivity contribution in [2.45, 2.75) is 25.4 Å². The molecule has 3 aromatic carbocycles. The number of hydrogen-bond acceptors (Lipinski definition) is 6. The summed E-state index contributed by atoms with van der Waals surface area (Å²) >= 11 is 0. The van der Waals surface area contributed by atoms with Crippen molar-refractivity contribution in [3.8, 4) is 22.9 Å². The number of aromatic nitrogens is 3. The fraction of sp³-hybridized carbons (Fsp3) is 0.156. The summed E-state index contributed by atoms with van der Waals surface area (Å²) in [7, 11) is 0. The third-order valence-corrected chi connectivity index (χ3v) is 6.75. The first kappa shape index (κ1) is 28.8. The Kier molecular flexibility index (Phi) is 8.91. The Morgan fingerprint density at radius 3 is 2.44 bits per heavy atom. The minimum atomic E-state index is -0.753. The fourth-order valence-electron chi connectivity index (χ4n) is 4.75. The topological polar surface area (TPSA) is 177 Å². The Morgan fingerprint density at radius 1 is 0.907 bits per heavy atom. The van der Waals surface area contributed by atoms with Crippen LogP contribution in [0.5, 0.6) is 11.5 Å². The van der Waals surface area contributed by atoms with Crippen LogP contribution in [0.2, 0.25) is 0 Å². The van der Waals surface area contributed by atoms with Crippen molar-refractivity contribution in [1.29, 1.82) is 0 Å². The lowest BCUT2D eigenvalue weighted by molar-refractivity contribution is -0.121. The number of fused-ring (bicyclic) bond motifs is 1. The van der Waals surface area contributed by atoms with Crippen LogP contribution in [0.3, 0.4) is 0 Å². The maximum Gasteiger partial charge on any atom is 0.251 e. The molecule has 2 heterocycles. The number of nitrogens with one attached hydrogen (secondary N) is 1. The molecule has 0 spiro atoms. The van der Waals surface area contributed by atoms with Crippen LogP contribution in [0.1, 0.15) is 34.9 Å². The molecule has 11 heteroatoms. The second-order valence-electron chi connectivity index (χ2n) is 9.82. The minimum absolute atomic E-state index is 0.0199. The highest BCUT2D eigenvalue weighted by Gasteiger charge is 2.25. The van der Waals surface area contributed by atoms with Gasteiger partial charge in [0, 0.05) is 23.9 Å². The second kappa shape index (κ2) is 13.3. The first-order valence-electron chi connectivity index (χ1n) is 13.8. The average molecular weight is 577 g/mol. The number of pyridine rings is 1. The molecule has 11 nitrogen and oxygen atoms in total. The molecule has 1 atom stereocenters. The lowest BCUT2D eigenvalue weighted by Gasteiger charge is -2.19. The van der Waals surface area contributed by atoms with Crippen molar-refractivity contribution >= 4 is 28.8 Å². The van der Waals surface area contributed by atoms with Gasteiger partial charge in [0.15, 0.2) is 5.96 Å². The van der Waals surface area contributed by atoms with Gasteiger partial charge in [0.25, 0.3) is 5.91 Å². The Morgan fingerprint density at radius 2 is 1.70 bits per heavy atom. The number of nitrogens with two attached hydrogens (primary N) is 3. The van der Waals surface area contributed by atoms with Crippen LogP contribution < -0.4 is 27.3 Å². The van der Waals surface area contributed by atoms with Gasteiger partial charge in [-0.2, -0.15) is 0 Å². The molecule has 2 amide bonds. The quantitative estimate of drug-likeness (QED) is 0.0988. The highest BCUT2D eigenvalue weighted by molar-refractivity contribution is 5.98. The van der Waals surface area contributed by atoms with Crippen molar-refractivity contribution in [3.05, 3.63) is 108 Å². The summed E-state index contributed by atoms with van der Waals surface area (Å²) < 4.78 is 7.86. The van der Waals surface area contributed by atoms with Crippen molar-refractivity contribution in [1.82, 2.24) is 19.9 Å². The van der Waals surface area contributed by atoms with E-state index in [2.05, 4.69) is 15.3 Å². The molecule has 5 aromatic rings. The zero-order valence-electron chi connectivity index (χ0n) is 23.4.